The molecule has 0 bridgehead atoms. The van der Waals surface area contributed by atoms with Crippen LogP contribution in [0.2, 0.25) is 0 Å². The van der Waals surface area contributed by atoms with Crippen LogP contribution in [0.15, 0.2) is 35.5 Å². The van der Waals surface area contributed by atoms with Gasteiger partial charge < -0.3 is 15.3 Å². The molecule has 3 rings (SSSR count). The van der Waals surface area contributed by atoms with E-state index in [4.69, 9.17) is 0 Å². The molecule has 30 heavy (non-hydrogen) atoms. The third-order valence-corrected chi connectivity index (χ3v) is 8.48. The van der Waals surface area contributed by atoms with Gasteiger partial charge in [-0.3, -0.25) is 0 Å². The van der Waals surface area contributed by atoms with Crippen LogP contribution in [-0.4, -0.2) is 33.1 Å². The first kappa shape index (κ1) is 23.8. The van der Waals surface area contributed by atoms with Gasteiger partial charge in [-0.15, -0.1) is 0 Å². The Hall–Kier alpha value is -0.900. The first-order valence-corrected chi connectivity index (χ1v) is 12.2. The predicted molar refractivity (Wildman–Crippen MR) is 124 cm³/mol. The molecule has 0 aromatic rings. The Bertz CT molecular complexity index is 683. The third kappa shape index (κ3) is 5.11. The molecule has 0 amide bonds. The molecule has 6 atom stereocenters. The van der Waals surface area contributed by atoms with Crippen molar-refractivity contribution in [3.63, 3.8) is 0 Å². The van der Waals surface area contributed by atoms with E-state index in [1.807, 2.05) is 13.8 Å². The lowest BCUT2D eigenvalue weighted by Crippen LogP contribution is -2.36. The average Bonchev–Trinajstić information content (AvgIpc) is 3.01. The lowest BCUT2D eigenvalue weighted by atomic mass is 9.60. The van der Waals surface area contributed by atoms with E-state index >= 15 is 0 Å². The molecule has 3 saturated carbocycles. The van der Waals surface area contributed by atoms with Crippen LogP contribution in [0.5, 0.6) is 0 Å². The Kier molecular flexibility index (Phi) is 7.37. The van der Waals surface area contributed by atoms with E-state index in [0.717, 1.165) is 42.7 Å². The minimum Gasteiger partial charge on any atom is -0.390 e. The molecule has 3 aliphatic carbocycles. The Morgan fingerprint density at radius 3 is 2.60 bits per heavy atom. The summed E-state index contributed by atoms with van der Waals surface area (Å²) in [7, 11) is 0. The van der Waals surface area contributed by atoms with Gasteiger partial charge in [0, 0.05) is 0 Å². The number of aliphatic hydroxyl groups is 3. The molecule has 3 fully saturated rings. The van der Waals surface area contributed by atoms with Crippen molar-refractivity contribution in [3.05, 3.63) is 35.5 Å². The van der Waals surface area contributed by atoms with Gasteiger partial charge in [0.25, 0.3) is 0 Å². The van der Waals surface area contributed by atoms with Crippen LogP contribution in [0, 0.1) is 23.2 Å². The highest BCUT2D eigenvalue weighted by Crippen LogP contribution is 2.60. The maximum absolute atomic E-state index is 10.4. The molecule has 0 aliphatic heterocycles. The Balaban J connectivity index is 1.72. The number of fused-ring (bicyclic) bond motifs is 1. The number of aliphatic hydroxyl groups excluding tert-OH is 2. The molecule has 0 aromatic carbocycles. The third-order valence-electron chi connectivity index (χ3n) is 8.48. The summed E-state index contributed by atoms with van der Waals surface area (Å²) in [4.78, 5) is 0. The van der Waals surface area contributed by atoms with Gasteiger partial charge >= 0.3 is 0 Å². The second-order valence-electron chi connectivity index (χ2n) is 11.3. The highest BCUT2D eigenvalue weighted by molar-refractivity contribution is 5.39. The molecule has 3 N–H and O–H groups in total. The number of hydrogen-bond donors (Lipinski definition) is 3. The van der Waals surface area contributed by atoms with Gasteiger partial charge in [-0.2, -0.15) is 0 Å². The Morgan fingerprint density at radius 2 is 1.90 bits per heavy atom. The van der Waals surface area contributed by atoms with E-state index in [9.17, 15) is 15.3 Å². The van der Waals surface area contributed by atoms with Gasteiger partial charge in [0.05, 0.1) is 11.7 Å². The fourth-order valence-corrected chi connectivity index (χ4v) is 6.73. The lowest BCUT2D eigenvalue weighted by molar-refractivity contribution is 0.0299. The van der Waals surface area contributed by atoms with Crippen molar-refractivity contribution >= 4 is 0 Å². The fourth-order valence-electron chi connectivity index (χ4n) is 6.73. The van der Waals surface area contributed by atoms with Crippen LogP contribution in [0.25, 0.3) is 0 Å². The van der Waals surface area contributed by atoms with Crippen molar-refractivity contribution in [2.24, 2.45) is 23.2 Å². The second kappa shape index (κ2) is 9.30. The number of rotatable bonds is 6. The zero-order valence-corrected chi connectivity index (χ0v) is 19.7. The van der Waals surface area contributed by atoms with Crippen molar-refractivity contribution in [2.45, 2.75) is 110 Å². The summed E-state index contributed by atoms with van der Waals surface area (Å²) in [5, 5.41) is 30.5. The Morgan fingerprint density at radius 1 is 1.17 bits per heavy atom. The summed E-state index contributed by atoms with van der Waals surface area (Å²) in [6.07, 6.45) is 13.6. The standard InChI is InChI=1S/C27H44O3/c1-18-10-15-24(28)25(29)21(18)12-11-20-9-7-17-27(5)22(13-14-23(20)27)19(2)8-6-16-26(3,4)30/h11-12,19,22-25,28-30H,1,6-10,13-17H2,2-5H3/b20-11-,21-12+/t19-,22-,23+,24+,25-,27-/m1/s1. The van der Waals surface area contributed by atoms with Crippen molar-refractivity contribution in [1.29, 1.82) is 0 Å². The van der Waals surface area contributed by atoms with Crippen LogP contribution in [-0.2, 0) is 0 Å². The monoisotopic (exact) mass is 416 g/mol. The molecule has 3 nitrogen and oxygen atoms in total. The molecule has 0 radical (unpaired) electrons. The molecule has 0 saturated heterocycles. The highest BCUT2D eigenvalue weighted by atomic mass is 16.3. The largest absolute Gasteiger partial charge is 0.390 e. The van der Waals surface area contributed by atoms with Crippen LogP contribution in [0.4, 0.5) is 0 Å². The normalized spacial score (nSPS) is 38.8. The maximum Gasteiger partial charge on any atom is 0.105 e. The molecule has 0 aromatic heterocycles. The summed E-state index contributed by atoms with van der Waals surface area (Å²) in [6.45, 7) is 12.9. The lowest BCUT2D eigenvalue weighted by Gasteiger charge is -2.44. The zero-order valence-electron chi connectivity index (χ0n) is 19.7. The molecule has 3 heteroatoms. The Labute approximate surface area is 184 Å². The van der Waals surface area contributed by atoms with E-state index in [0.29, 0.717) is 23.7 Å². The second-order valence-corrected chi connectivity index (χ2v) is 11.3. The minimum absolute atomic E-state index is 0.360. The van der Waals surface area contributed by atoms with Crippen molar-refractivity contribution in [3.8, 4) is 0 Å². The number of allylic oxidation sites excluding steroid dienone is 3. The first-order chi connectivity index (χ1) is 14.0. The van der Waals surface area contributed by atoms with Crippen molar-refractivity contribution in [2.75, 3.05) is 0 Å². The van der Waals surface area contributed by atoms with E-state index < -0.39 is 17.8 Å². The van der Waals surface area contributed by atoms with Gasteiger partial charge in [-0.05, 0) is 99.5 Å². The average molecular weight is 417 g/mol. The molecule has 170 valence electrons. The highest BCUT2D eigenvalue weighted by Gasteiger charge is 2.50. The van der Waals surface area contributed by atoms with E-state index in [1.165, 1.54) is 37.7 Å². The maximum atomic E-state index is 10.4. The molecular weight excluding hydrogens is 372 g/mol. The zero-order chi connectivity index (χ0) is 22.1. The summed E-state index contributed by atoms with van der Waals surface area (Å²) in [5.74, 6) is 2.07. The van der Waals surface area contributed by atoms with Gasteiger partial charge in [-0.25, -0.2) is 0 Å². The molecule has 0 unspecified atom stereocenters. The van der Waals surface area contributed by atoms with Gasteiger partial charge in [0.2, 0.25) is 0 Å². The molecule has 0 spiro atoms. The summed E-state index contributed by atoms with van der Waals surface area (Å²) >= 11 is 0. The smallest absolute Gasteiger partial charge is 0.105 e. The summed E-state index contributed by atoms with van der Waals surface area (Å²) < 4.78 is 0. The van der Waals surface area contributed by atoms with Gasteiger partial charge in [-0.1, -0.05) is 51.0 Å². The number of hydrogen-bond acceptors (Lipinski definition) is 3. The van der Waals surface area contributed by atoms with Crippen LogP contribution in [0.3, 0.4) is 0 Å². The fraction of sp³-hybridized carbons (Fsp3) is 0.778. The van der Waals surface area contributed by atoms with Gasteiger partial charge in [0.1, 0.15) is 6.10 Å². The SMILES string of the molecule is C=C1CC[C@H](O)[C@H](O)/C1=C/C=C1/CCC[C@]2(C)[C@@H]([C@H](C)CCCC(C)(C)O)CC[C@@H]12. The minimum atomic E-state index is -0.801. The summed E-state index contributed by atoms with van der Waals surface area (Å²) in [5.41, 5.74) is 3.12. The van der Waals surface area contributed by atoms with Crippen LogP contribution in [0.1, 0.15) is 91.9 Å². The molecule has 3 aliphatic rings. The molecule has 0 heterocycles. The summed E-state index contributed by atoms with van der Waals surface area (Å²) in [6, 6.07) is 0. The van der Waals surface area contributed by atoms with Crippen molar-refractivity contribution < 1.29 is 15.3 Å². The van der Waals surface area contributed by atoms with Crippen LogP contribution >= 0.6 is 0 Å². The van der Waals surface area contributed by atoms with Crippen molar-refractivity contribution in [1.82, 2.24) is 0 Å². The quantitative estimate of drug-likeness (QED) is 0.520. The van der Waals surface area contributed by atoms with E-state index in [1.54, 1.807) is 0 Å². The van der Waals surface area contributed by atoms with E-state index in [2.05, 4.69) is 32.6 Å². The first-order valence-electron chi connectivity index (χ1n) is 12.2. The predicted octanol–water partition coefficient (Wildman–Crippen LogP) is 5.70. The van der Waals surface area contributed by atoms with Gasteiger partial charge in [0.15, 0.2) is 0 Å². The molecular formula is C27H44O3. The topological polar surface area (TPSA) is 60.7 Å². The van der Waals surface area contributed by atoms with Crippen LogP contribution < -0.4 is 0 Å². The van der Waals surface area contributed by atoms with E-state index in [-0.39, 0.29) is 0 Å².